The minimum absolute atomic E-state index is 0.455. The molecule has 0 fully saturated rings. The average Bonchev–Trinajstić information content (AvgIpc) is 2.50. The summed E-state index contributed by atoms with van der Waals surface area (Å²) in [6.07, 6.45) is 1.65. The number of nitrogens with zero attached hydrogens (tertiary/aromatic N) is 1. The van der Waals surface area contributed by atoms with Gasteiger partial charge in [0.05, 0.1) is 0 Å². The Hall–Kier alpha value is -2.43. The molecule has 0 spiro atoms. The number of rotatable bonds is 3. The predicted octanol–water partition coefficient (Wildman–Crippen LogP) is 3.02. The molecule has 22 heavy (non-hydrogen) atoms. The van der Waals surface area contributed by atoms with Crippen molar-refractivity contribution in [3.63, 3.8) is 0 Å². The highest BCUT2D eigenvalue weighted by Gasteiger charge is 2.20. The van der Waals surface area contributed by atoms with E-state index in [1.807, 2.05) is 17.0 Å². The molecular formula is C17H16F2N2O. The minimum atomic E-state index is -0.824. The van der Waals surface area contributed by atoms with E-state index in [9.17, 15) is 13.6 Å². The summed E-state index contributed by atoms with van der Waals surface area (Å²) in [5.74, 6) is -2.09. The lowest BCUT2D eigenvalue weighted by Gasteiger charge is -2.31. The summed E-state index contributed by atoms with van der Waals surface area (Å²) in [4.78, 5) is 13.1. The van der Waals surface area contributed by atoms with E-state index < -0.39 is 17.5 Å². The van der Waals surface area contributed by atoms with Crippen LogP contribution in [0.1, 0.15) is 27.9 Å². The van der Waals surface area contributed by atoms with Crippen molar-refractivity contribution >= 4 is 11.6 Å². The fraction of sp³-hybridized carbons (Fsp3) is 0.235. The number of nitrogens with two attached hydrogens (primary N) is 1. The van der Waals surface area contributed by atoms with Crippen molar-refractivity contribution in [1.82, 2.24) is 0 Å². The van der Waals surface area contributed by atoms with E-state index >= 15 is 0 Å². The van der Waals surface area contributed by atoms with Crippen LogP contribution in [0.25, 0.3) is 0 Å². The van der Waals surface area contributed by atoms with Crippen LogP contribution in [0.3, 0.4) is 0 Å². The highest BCUT2D eigenvalue weighted by Crippen LogP contribution is 2.30. The van der Waals surface area contributed by atoms with Gasteiger partial charge >= 0.3 is 0 Å². The first-order valence-corrected chi connectivity index (χ1v) is 7.16. The van der Waals surface area contributed by atoms with E-state index in [0.29, 0.717) is 12.1 Å². The number of anilines is 1. The van der Waals surface area contributed by atoms with Crippen molar-refractivity contribution in [2.45, 2.75) is 19.4 Å². The maximum absolute atomic E-state index is 13.5. The van der Waals surface area contributed by atoms with Crippen LogP contribution in [-0.4, -0.2) is 12.5 Å². The van der Waals surface area contributed by atoms with Gasteiger partial charge in [0.2, 0.25) is 5.91 Å². The molecule has 1 aliphatic heterocycles. The summed E-state index contributed by atoms with van der Waals surface area (Å²) in [5, 5.41) is 0. The molecule has 3 rings (SSSR count). The molecule has 2 aromatic carbocycles. The quantitative estimate of drug-likeness (QED) is 0.947. The largest absolute Gasteiger partial charge is 0.367 e. The number of hydrogen-bond donors (Lipinski definition) is 1. The highest BCUT2D eigenvalue weighted by molar-refractivity contribution is 5.92. The summed E-state index contributed by atoms with van der Waals surface area (Å²) >= 11 is 0. The number of aryl methyl sites for hydroxylation is 1. The SMILES string of the molecule is NC(=O)c1ccc(CN2CCCc3cc(F)c(F)cc32)cc1. The molecule has 0 aromatic heterocycles. The van der Waals surface area contributed by atoms with Gasteiger partial charge in [-0.2, -0.15) is 0 Å². The standard InChI is InChI=1S/C17H16F2N2O/c18-14-8-13-2-1-7-21(16(13)9-15(14)19)10-11-3-5-12(6-4-11)17(20)22/h3-6,8-9H,1-2,7,10H2,(H2,20,22). The Labute approximate surface area is 127 Å². The van der Waals surface area contributed by atoms with Gasteiger partial charge in [-0.05, 0) is 42.2 Å². The van der Waals surface area contributed by atoms with Crippen LogP contribution in [0.15, 0.2) is 36.4 Å². The topological polar surface area (TPSA) is 46.3 Å². The third kappa shape index (κ3) is 2.79. The Morgan fingerprint density at radius 1 is 1.14 bits per heavy atom. The van der Waals surface area contributed by atoms with Gasteiger partial charge in [0.1, 0.15) is 0 Å². The smallest absolute Gasteiger partial charge is 0.248 e. The lowest BCUT2D eigenvalue weighted by molar-refractivity contribution is 0.100. The Balaban J connectivity index is 1.85. The van der Waals surface area contributed by atoms with E-state index in [-0.39, 0.29) is 0 Å². The molecule has 2 aromatic rings. The molecule has 0 saturated carbocycles. The van der Waals surface area contributed by atoms with Crippen molar-refractivity contribution < 1.29 is 13.6 Å². The maximum Gasteiger partial charge on any atom is 0.248 e. The van der Waals surface area contributed by atoms with E-state index in [4.69, 9.17) is 5.73 Å². The van der Waals surface area contributed by atoms with Gasteiger partial charge < -0.3 is 10.6 Å². The van der Waals surface area contributed by atoms with Gasteiger partial charge in [0.15, 0.2) is 11.6 Å². The number of carbonyl (C=O) groups is 1. The summed E-state index contributed by atoms with van der Waals surface area (Å²) < 4.78 is 26.9. The van der Waals surface area contributed by atoms with Crippen molar-refractivity contribution in [2.24, 2.45) is 5.73 Å². The Morgan fingerprint density at radius 2 is 1.82 bits per heavy atom. The summed E-state index contributed by atoms with van der Waals surface area (Å²) in [6.45, 7) is 1.37. The number of carbonyl (C=O) groups excluding carboxylic acids is 1. The van der Waals surface area contributed by atoms with Gasteiger partial charge in [0, 0.05) is 30.4 Å². The number of amides is 1. The van der Waals surface area contributed by atoms with E-state index in [0.717, 1.165) is 36.2 Å². The maximum atomic E-state index is 13.5. The van der Waals surface area contributed by atoms with E-state index in [1.165, 1.54) is 12.1 Å². The number of halogens is 2. The normalized spacial score (nSPS) is 13.8. The zero-order valence-electron chi connectivity index (χ0n) is 12.0. The Kier molecular flexibility index (Phi) is 3.79. The van der Waals surface area contributed by atoms with Gasteiger partial charge in [-0.25, -0.2) is 8.78 Å². The van der Waals surface area contributed by atoms with Crippen molar-refractivity contribution in [1.29, 1.82) is 0 Å². The molecule has 5 heteroatoms. The second kappa shape index (κ2) is 5.75. The summed E-state index contributed by atoms with van der Waals surface area (Å²) in [7, 11) is 0. The molecule has 0 radical (unpaired) electrons. The number of fused-ring (bicyclic) bond motifs is 1. The molecule has 1 heterocycles. The first-order valence-electron chi connectivity index (χ1n) is 7.16. The number of benzene rings is 2. The minimum Gasteiger partial charge on any atom is -0.367 e. The molecular weight excluding hydrogens is 286 g/mol. The van der Waals surface area contributed by atoms with Crippen molar-refractivity contribution in [2.75, 3.05) is 11.4 Å². The molecule has 1 aliphatic rings. The van der Waals surface area contributed by atoms with Gasteiger partial charge in [-0.3, -0.25) is 4.79 Å². The molecule has 2 N–H and O–H groups in total. The second-order valence-electron chi connectivity index (χ2n) is 5.48. The first kappa shape index (κ1) is 14.5. The zero-order chi connectivity index (χ0) is 15.7. The van der Waals surface area contributed by atoms with Crippen LogP contribution in [0.5, 0.6) is 0 Å². The molecule has 0 aliphatic carbocycles. The summed E-state index contributed by atoms with van der Waals surface area (Å²) in [5.41, 5.74) is 8.23. The molecule has 0 saturated heterocycles. The monoisotopic (exact) mass is 302 g/mol. The van der Waals surface area contributed by atoms with Gasteiger partial charge in [0.25, 0.3) is 0 Å². The second-order valence-corrected chi connectivity index (χ2v) is 5.48. The lowest BCUT2D eigenvalue weighted by atomic mass is 10.0. The van der Waals surface area contributed by atoms with Crippen molar-refractivity contribution in [3.8, 4) is 0 Å². The highest BCUT2D eigenvalue weighted by atomic mass is 19.2. The van der Waals surface area contributed by atoms with Crippen LogP contribution in [0.4, 0.5) is 14.5 Å². The molecule has 0 bridgehead atoms. The Bertz CT molecular complexity index is 713. The van der Waals surface area contributed by atoms with Gasteiger partial charge in [-0.1, -0.05) is 12.1 Å². The molecule has 114 valence electrons. The van der Waals surface area contributed by atoms with Crippen LogP contribution in [-0.2, 0) is 13.0 Å². The number of hydrogen-bond acceptors (Lipinski definition) is 2. The van der Waals surface area contributed by atoms with Crippen LogP contribution >= 0.6 is 0 Å². The van der Waals surface area contributed by atoms with Crippen LogP contribution < -0.4 is 10.6 Å². The lowest BCUT2D eigenvalue weighted by Crippen LogP contribution is -2.29. The number of primary amides is 1. The predicted molar refractivity (Wildman–Crippen MR) is 80.7 cm³/mol. The van der Waals surface area contributed by atoms with E-state index in [1.54, 1.807) is 12.1 Å². The van der Waals surface area contributed by atoms with Gasteiger partial charge in [-0.15, -0.1) is 0 Å². The van der Waals surface area contributed by atoms with Crippen LogP contribution in [0.2, 0.25) is 0 Å². The zero-order valence-corrected chi connectivity index (χ0v) is 12.0. The molecule has 3 nitrogen and oxygen atoms in total. The third-order valence-electron chi connectivity index (χ3n) is 3.95. The summed E-state index contributed by atoms with van der Waals surface area (Å²) in [6, 6.07) is 9.55. The molecule has 1 amide bonds. The van der Waals surface area contributed by atoms with Crippen LogP contribution in [0, 0.1) is 11.6 Å². The first-order chi connectivity index (χ1) is 10.5. The average molecular weight is 302 g/mol. The van der Waals surface area contributed by atoms with E-state index in [2.05, 4.69) is 0 Å². The molecule has 0 unspecified atom stereocenters. The fourth-order valence-electron chi connectivity index (χ4n) is 2.81. The fourth-order valence-corrected chi connectivity index (χ4v) is 2.81. The molecule has 0 atom stereocenters. The third-order valence-corrected chi connectivity index (χ3v) is 3.95. The Morgan fingerprint density at radius 3 is 2.50 bits per heavy atom. The van der Waals surface area contributed by atoms with Crippen molar-refractivity contribution in [3.05, 3.63) is 64.7 Å².